The molecule has 0 bridgehead atoms. The molecule has 0 unspecified atom stereocenters. The van der Waals surface area contributed by atoms with Gasteiger partial charge in [-0.3, -0.25) is 0 Å². The van der Waals surface area contributed by atoms with Gasteiger partial charge in [0, 0.05) is 260 Å². The predicted octanol–water partition coefficient (Wildman–Crippen LogP) is 14.1. The predicted molar refractivity (Wildman–Crippen MR) is 466 cm³/mol. The number of tetrazole rings is 5. The molecular weight excluding hydrogens is 2180 g/mol. The van der Waals surface area contributed by atoms with Crippen LogP contribution in [0, 0.1) is 106 Å². The first-order chi connectivity index (χ1) is 62.2. The molecule has 0 fully saturated rings. The molecule has 0 amide bonds. The third kappa shape index (κ3) is 29.6. The minimum Gasteiger partial charge on any atom is -0.514 e. The number of thioether (sulfide) groups is 1. The van der Waals surface area contributed by atoms with Crippen LogP contribution in [0.5, 0.6) is 34.5 Å². The van der Waals surface area contributed by atoms with Gasteiger partial charge in [0.1, 0.15) is 38.8 Å². The molecule has 0 atom stereocenters. The van der Waals surface area contributed by atoms with Crippen LogP contribution in [0.25, 0.3) is 28.4 Å². The molecule has 15 rings (SSSR count). The Bertz CT molecular complexity index is 6930. The zero-order chi connectivity index (χ0) is 95.0. The van der Waals surface area contributed by atoms with Crippen molar-refractivity contribution in [2.45, 2.75) is 140 Å². The van der Waals surface area contributed by atoms with Gasteiger partial charge >= 0.3 is 41.0 Å². The van der Waals surface area contributed by atoms with E-state index in [1.54, 1.807) is 83.0 Å². The van der Waals surface area contributed by atoms with E-state index in [0.29, 0.717) is 41.8 Å². The number of benzene rings is 10. The van der Waals surface area contributed by atoms with Crippen LogP contribution < -0.4 is 56.9 Å². The van der Waals surface area contributed by atoms with Gasteiger partial charge < -0.3 is 28.4 Å². The van der Waals surface area contributed by atoms with Crippen molar-refractivity contribution in [1.82, 2.24) is 99.0 Å². The zero-order valence-electron chi connectivity index (χ0n) is 77.0. The van der Waals surface area contributed by atoms with Gasteiger partial charge in [0.05, 0.1) is 39.6 Å². The molecule has 31 nitrogen and oxygen atoms in total. The smallest absolute Gasteiger partial charge is 0.514 e. The molecule has 5 aromatic heterocycles. The summed E-state index contributed by atoms with van der Waals surface area (Å²) >= 11 is 1.71. The molecule has 0 saturated carbocycles. The molecule has 45 heteroatoms. The average molecular weight is 2270 g/mol. The van der Waals surface area contributed by atoms with Crippen molar-refractivity contribution >= 4 is 11.8 Å². The van der Waals surface area contributed by atoms with E-state index in [2.05, 4.69) is 94.1 Å². The molecule has 15 aromatic rings. The molecule has 0 aliphatic rings. The van der Waals surface area contributed by atoms with E-state index in [9.17, 15) is 59.1 Å². The summed E-state index contributed by atoms with van der Waals surface area (Å²) in [6.07, 6.45) is -12.2. The number of halogens is 8. The van der Waals surface area contributed by atoms with Gasteiger partial charge in [-0.2, -0.15) is 148 Å². The summed E-state index contributed by atoms with van der Waals surface area (Å²) in [6.45, 7) is 22.8. The normalized spacial score (nSPS) is 10.8. The topological polar surface area (TPSA) is 319 Å². The van der Waals surface area contributed by atoms with Crippen LogP contribution in [0.15, 0.2) is 181 Å². The third-order valence-corrected chi connectivity index (χ3v) is 20.9. The number of aryl methyl sites for hydroxylation is 16. The van der Waals surface area contributed by atoms with Gasteiger partial charge in [-0.25, -0.2) is 32.8 Å². The fourth-order valence-electron chi connectivity index (χ4n) is 12.8. The van der Waals surface area contributed by atoms with Crippen molar-refractivity contribution in [2.75, 3.05) is 5.75 Å². The van der Waals surface area contributed by atoms with Crippen LogP contribution in [0.3, 0.4) is 0 Å². The number of nitrogens with zero attached hydrogens (tertiary/aromatic N) is 20. The second-order valence-corrected chi connectivity index (χ2v) is 31.1. The Morgan fingerprint density at radius 3 is 0.919 bits per heavy atom. The second kappa shape index (κ2) is 52.1. The standard InChI is InChI=1S/C19H21N4O2S.C18H16F3N4O3.C18H16F3N4O2.C18H17F2N4O2.C18H19N4O2.5Y/c1-5-26-18-8-6-7-16(23-19(24)22(4)20-21-23)15(18)12-25-17-11-13(2)9-10-14(17)3;1-11-7-8-12(2)16(9-11)27-10-13-14(25-17(26)24(3)22-23-25)5-4-6-15(13)28-18(19,20)21;1-11-7-8-12(2)16(9-11)27-10-13-14(18(19,20)21)5-4-6-15(13)25-17(26)24(3)22-23-25;1-11-7-8-12(2)16(9-11)26-10-14-13(17(19)20)5-4-6-15(14)24-18(25)23(3)21-22-24;1-12-8-9-14(3)17(10-12)24-11-15-13(2)6-5-7-16(15)22-18(23)21(4)19-20-22;;;;;/h6-8,10-11H,5,12H2,1-4H3;4-6,8-9H,10H2,1-3H3;4-6,8-9H,10H2,1-3H3;4-6,8-9,17H,10H2,1-3H3;5-7,9-10H,11H2,1-4H3;;;;;/q5*-1;;;;;. The summed E-state index contributed by atoms with van der Waals surface area (Å²) in [4.78, 5) is 62.0. The zero-order valence-corrected chi connectivity index (χ0v) is 92.0. The summed E-state index contributed by atoms with van der Waals surface area (Å²) in [7, 11) is 7.34. The first-order valence-electron chi connectivity index (χ1n) is 40.1. The Balaban J connectivity index is 0.000000259. The van der Waals surface area contributed by atoms with E-state index in [4.69, 9.17) is 23.7 Å². The van der Waals surface area contributed by atoms with Gasteiger partial charge in [-0.1, -0.05) is 119 Å². The molecule has 701 valence electrons. The van der Waals surface area contributed by atoms with E-state index < -0.39 is 54.0 Å². The van der Waals surface area contributed by atoms with Crippen molar-refractivity contribution in [3.05, 3.63) is 335 Å². The molecule has 0 saturated heterocycles. The largest absolute Gasteiger partial charge is 0.573 e. The van der Waals surface area contributed by atoms with Crippen molar-refractivity contribution < 1.29 is 227 Å². The Morgan fingerprint density at radius 1 is 0.331 bits per heavy atom. The fourth-order valence-corrected chi connectivity index (χ4v) is 13.6. The van der Waals surface area contributed by atoms with Crippen molar-refractivity contribution in [3.8, 4) is 62.9 Å². The number of alkyl halides is 8. The summed E-state index contributed by atoms with van der Waals surface area (Å²) < 4.78 is 150. The number of hydrogen-bond donors (Lipinski definition) is 0. The maximum absolute atomic E-state index is 13.5. The molecule has 10 aromatic carbocycles. The van der Waals surface area contributed by atoms with Crippen LogP contribution in [-0.4, -0.2) is 111 Å². The minimum atomic E-state index is -4.91. The van der Waals surface area contributed by atoms with E-state index >= 15 is 0 Å². The SMILES string of the molecule is CCSc1cccc(-n2nnn(C)c2=O)c1COc1cc(C)[c-]cc1C.Cc1[c-]cc(C)c(OCc2c(-n3nnn(C)c3=O)cccc2C(F)(F)F)c1.Cc1[c-]cc(C)c(OCc2c(C(F)F)cccc2-n2nnn(C)c2=O)c1.Cc1[c-]cc(C)c(OCc2c(C)cccc2-n2nnn(C)c2=O)c1.Cc1[c-]cc(C)c(OCc2c(OC(F)(F)F)cccc2-n2nnn(C)c2=O)c1.[Y].[Y].[Y].[Y].[Y]. The average Bonchev–Trinajstić information content (AvgIpc) is 1.50. The summed E-state index contributed by atoms with van der Waals surface area (Å²) in [5.74, 6) is 3.56. The molecule has 0 aliphatic heterocycles. The number of hydrogen-bond acceptors (Lipinski definition) is 22. The van der Waals surface area contributed by atoms with E-state index in [0.717, 1.165) is 135 Å². The molecule has 5 heterocycles. The van der Waals surface area contributed by atoms with Crippen molar-refractivity contribution in [3.63, 3.8) is 0 Å². The molecule has 5 radical (unpaired) electrons. The second-order valence-electron chi connectivity index (χ2n) is 29.8. The monoisotopic (exact) mass is 2270 g/mol. The van der Waals surface area contributed by atoms with Gasteiger partial charge in [-0.15, -0.1) is 83.1 Å². The van der Waals surface area contributed by atoms with Gasteiger partial charge in [-0.05, 0) is 119 Å². The van der Waals surface area contributed by atoms with E-state index in [1.807, 2.05) is 116 Å². The van der Waals surface area contributed by atoms with Crippen LogP contribution in [0.4, 0.5) is 35.1 Å². The third-order valence-electron chi connectivity index (χ3n) is 19.9. The van der Waals surface area contributed by atoms with Crippen LogP contribution in [0.2, 0.25) is 0 Å². The number of ether oxygens (including phenoxy) is 6. The van der Waals surface area contributed by atoms with Crippen molar-refractivity contribution in [1.29, 1.82) is 0 Å². The van der Waals surface area contributed by atoms with Gasteiger partial charge in [0.15, 0.2) is 0 Å². The van der Waals surface area contributed by atoms with E-state index in [-0.39, 0.29) is 227 Å². The molecule has 0 aliphatic carbocycles. The summed E-state index contributed by atoms with van der Waals surface area (Å²) in [5, 5.41) is 37.4. The number of aromatic nitrogens is 20. The van der Waals surface area contributed by atoms with E-state index in [1.165, 1.54) is 82.3 Å². The maximum atomic E-state index is 13.5. The van der Waals surface area contributed by atoms with Crippen LogP contribution in [0.1, 0.15) is 113 Å². The Hall–Kier alpha value is -9.34. The van der Waals surface area contributed by atoms with Crippen LogP contribution >= 0.6 is 11.8 Å². The number of rotatable bonds is 24. The Morgan fingerprint density at radius 2 is 0.603 bits per heavy atom. The first-order valence-corrected chi connectivity index (χ1v) is 41.0. The first kappa shape index (κ1) is 115. The fraction of sp³-hybridized carbons (Fsp3) is 0.286. The summed E-state index contributed by atoms with van der Waals surface area (Å²) in [5.41, 5.74) is 9.93. The molecule has 0 N–H and O–H groups in total. The van der Waals surface area contributed by atoms with Gasteiger partial charge in [0.2, 0.25) is 0 Å². The quantitative estimate of drug-likeness (QED) is 0.0308. The molecule has 0 spiro atoms. The Kier molecular flexibility index (Phi) is 44.2. The minimum absolute atomic E-state index is 0. The van der Waals surface area contributed by atoms with Gasteiger partial charge in [0.25, 0.3) is 6.43 Å². The summed E-state index contributed by atoms with van der Waals surface area (Å²) in [6, 6.07) is 56.8. The maximum Gasteiger partial charge on any atom is 0.573 e. The molecule has 136 heavy (non-hydrogen) atoms. The van der Waals surface area contributed by atoms with Crippen molar-refractivity contribution in [2.24, 2.45) is 35.2 Å². The van der Waals surface area contributed by atoms with Crippen LogP contribution in [-0.2, 0) is 238 Å². The molecular formula is C91H89F8N20O11SY5-5. The Labute approximate surface area is 906 Å².